The summed E-state index contributed by atoms with van der Waals surface area (Å²) in [5.41, 5.74) is 1.00. The number of hydrogen-bond donors (Lipinski definition) is 1. The summed E-state index contributed by atoms with van der Waals surface area (Å²) in [6.45, 7) is 1.74. The van der Waals surface area contributed by atoms with Gasteiger partial charge in [0.2, 0.25) is 5.91 Å². The molecule has 7 heteroatoms. The summed E-state index contributed by atoms with van der Waals surface area (Å²) in [5.74, 6) is -0.458. The smallest absolute Gasteiger partial charge is 0.237 e. The van der Waals surface area contributed by atoms with Gasteiger partial charge in [0.05, 0.1) is 22.5 Å². The molecule has 2 aromatic carbocycles. The number of rotatable bonds is 6. The molecule has 128 valence electrons. The zero-order valence-electron chi connectivity index (χ0n) is 13.1. The minimum atomic E-state index is -0.792. The van der Waals surface area contributed by atoms with Gasteiger partial charge in [0.1, 0.15) is 17.4 Å². The lowest BCUT2D eigenvalue weighted by molar-refractivity contribution is -0.115. The second kappa shape index (κ2) is 8.48. The molecule has 1 unspecified atom stereocenters. The Morgan fingerprint density at radius 2 is 2.04 bits per heavy atom. The standard InChI is InChI=1S/C17H16BrF2NO2S/c1-10(17(22)21-15-5-4-12(19)8-14(15)20)24-9-11-3-6-16(23-2)13(18)7-11/h3-8,10H,9H2,1-2H3,(H,21,22). The first-order chi connectivity index (χ1) is 11.4. The lowest BCUT2D eigenvalue weighted by Crippen LogP contribution is -2.23. The number of thioether (sulfide) groups is 1. The van der Waals surface area contributed by atoms with Crippen molar-refractivity contribution in [2.75, 3.05) is 12.4 Å². The molecular formula is C17H16BrF2NO2S. The molecule has 0 saturated carbocycles. The number of anilines is 1. The number of halogens is 3. The third-order valence-electron chi connectivity index (χ3n) is 3.27. The van der Waals surface area contributed by atoms with Crippen molar-refractivity contribution in [3.63, 3.8) is 0 Å². The molecule has 0 radical (unpaired) electrons. The molecule has 24 heavy (non-hydrogen) atoms. The van der Waals surface area contributed by atoms with Crippen LogP contribution in [0, 0.1) is 11.6 Å². The number of hydrogen-bond acceptors (Lipinski definition) is 3. The van der Waals surface area contributed by atoms with Crippen LogP contribution in [0.25, 0.3) is 0 Å². The zero-order chi connectivity index (χ0) is 17.7. The second-order valence-corrected chi connectivity index (χ2v) is 7.22. The third-order valence-corrected chi connectivity index (χ3v) is 5.11. The van der Waals surface area contributed by atoms with Crippen LogP contribution in [0.4, 0.5) is 14.5 Å². The van der Waals surface area contributed by atoms with E-state index in [9.17, 15) is 13.6 Å². The van der Waals surface area contributed by atoms with Gasteiger partial charge < -0.3 is 10.1 Å². The van der Waals surface area contributed by atoms with Crippen molar-refractivity contribution in [3.8, 4) is 5.75 Å². The number of benzene rings is 2. The number of carbonyl (C=O) groups is 1. The summed E-state index contributed by atoms with van der Waals surface area (Å²) < 4.78 is 32.4. The van der Waals surface area contributed by atoms with Crippen LogP contribution in [-0.4, -0.2) is 18.3 Å². The van der Waals surface area contributed by atoms with E-state index >= 15 is 0 Å². The van der Waals surface area contributed by atoms with E-state index in [4.69, 9.17) is 4.74 Å². The van der Waals surface area contributed by atoms with Gasteiger partial charge in [-0.3, -0.25) is 4.79 Å². The van der Waals surface area contributed by atoms with Crippen LogP contribution in [0.15, 0.2) is 40.9 Å². The van der Waals surface area contributed by atoms with Crippen molar-refractivity contribution in [2.24, 2.45) is 0 Å². The first kappa shape index (κ1) is 18.7. The topological polar surface area (TPSA) is 38.3 Å². The SMILES string of the molecule is COc1ccc(CSC(C)C(=O)Nc2ccc(F)cc2F)cc1Br. The van der Waals surface area contributed by atoms with Gasteiger partial charge in [-0.25, -0.2) is 8.78 Å². The lowest BCUT2D eigenvalue weighted by atomic mass is 10.2. The molecule has 0 aromatic heterocycles. The Bertz CT molecular complexity index is 743. The van der Waals surface area contributed by atoms with Crippen molar-refractivity contribution < 1.29 is 18.3 Å². The maximum atomic E-state index is 13.6. The van der Waals surface area contributed by atoms with Gasteiger partial charge in [-0.05, 0) is 52.7 Å². The summed E-state index contributed by atoms with van der Waals surface area (Å²) in [5, 5.41) is 2.08. The summed E-state index contributed by atoms with van der Waals surface area (Å²) in [7, 11) is 1.59. The van der Waals surface area contributed by atoms with Crippen LogP contribution in [-0.2, 0) is 10.5 Å². The van der Waals surface area contributed by atoms with Gasteiger partial charge in [-0.15, -0.1) is 11.8 Å². The quantitative estimate of drug-likeness (QED) is 0.721. The second-order valence-electron chi connectivity index (χ2n) is 5.04. The highest BCUT2D eigenvalue weighted by Gasteiger charge is 2.16. The average Bonchev–Trinajstić information content (AvgIpc) is 2.55. The molecule has 0 aliphatic heterocycles. The molecule has 1 amide bonds. The van der Waals surface area contributed by atoms with Crippen molar-refractivity contribution in [1.82, 2.24) is 0 Å². The first-order valence-corrected chi connectivity index (χ1v) is 8.95. The van der Waals surface area contributed by atoms with E-state index in [1.807, 2.05) is 18.2 Å². The van der Waals surface area contributed by atoms with Gasteiger partial charge >= 0.3 is 0 Å². The van der Waals surface area contributed by atoms with Gasteiger partial charge in [0.15, 0.2) is 0 Å². The Balaban J connectivity index is 1.93. The Morgan fingerprint density at radius 1 is 1.29 bits per heavy atom. The molecule has 2 rings (SSSR count). The van der Waals surface area contributed by atoms with Crippen LogP contribution in [0.1, 0.15) is 12.5 Å². The molecule has 0 spiro atoms. The Kier molecular flexibility index (Phi) is 6.62. The van der Waals surface area contributed by atoms with E-state index < -0.39 is 16.9 Å². The highest BCUT2D eigenvalue weighted by molar-refractivity contribution is 9.10. The van der Waals surface area contributed by atoms with Crippen LogP contribution in [0.2, 0.25) is 0 Å². The number of methoxy groups -OCH3 is 1. The minimum Gasteiger partial charge on any atom is -0.496 e. The van der Waals surface area contributed by atoms with Crippen molar-refractivity contribution in [2.45, 2.75) is 17.9 Å². The molecule has 0 aliphatic rings. The number of amides is 1. The first-order valence-electron chi connectivity index (χ1n) is 7.10. The highest BCUT2D eigenvalue weighted by Crippen LogP contribution is 2.28. The number of ether oxygens (including phenoxy) is 1. The third kappa shape index (κ3) is 4.95. The van der Waals surface area contributed by atoms with E-state index in [1.165, 1.54) is 17.8 Å². The molecule has 0 fully saturated rings. The summed E-state index contributed by atoms with van der Waals surface area (Å²) in [6, 6.07) is 8.74. The number of carbonyl (C=O) groups excluding carboxylic acids is 1. The normalized spacial score (nSPS) is 11.9. The summed E-state index contributed by atoms with van der Waals surface area (Å²) in [4.78, 5) is 12.1. The van der Waals surface area contributed by atoms with E-state index in [0.29, 0.717) is 5.75 Å². The largest absolute Gasteiger partial charge is 0.496 e. The summed E-state index contributed by atoms with van der Waals surface area (Å²) >= 11 is 4.83. The zero-order valence-corrected chi connectivity index (χ0v) is 15.5. The van der Waals surface area contributed by atoms with Crippen LogP contribution >= 0.6 is 27.7 Å². The molecule has 1 N–H and O–H groups in total. The Hall–Kier alpha value is -1.60. The van der Waals surface area contributed by atoms with E-state index in [2.05, 4.69) is 21.2 Å². The monoisotopic (exact) mass is 415 g/mol. The van der Waals surface area contributed by atoms with Crippen LogP contribution < -0.4 is 10.1 Å². The molecule has 0 saturated heterocycles. The Morgan fingerprint density at radius 3 is 2.67 bits per heavy atom. The fourth-order valence-corrected chi connectivity index (χ4v) is 3.34. The molecule has 3 nitrogen and oxygen atoms in total. The average molecular weight is 416 g/mol. The van der Waals surface area contributed by atoms with E-state index in [-0.39, 0.29) is 11.6 Å². The van der Waals surface area contributed by atoms with Gasteiger partial charge in [0, 0.05) is 11.8 Å². The molecule has 0 aliphatic carbocycles. The predicted molar refractivity (Wildman–Crippen MR) is 96.4 cm³/mol. The van der Waals surface area contributed by atoms with Gasteiger partial charge in [-0.2, -0.15) is 0 Å². The van der Waals surface area contributed by atoms with E-state index in [0.717, 1.165) is 27.9 Å². The lowest BCUT2D eigenvalue weighted by Gasteiger charge is -2.13. The molecule has 1 atom stereocenters. The molecule has 2 aromatic rings. The fraction of sp³-hybridized carbons (Fsp3) is 0.235. The van der Waals surface area contributed by atoms with Gasteiger partial charge in [-0.1, -0.05) is 6.07 Å². The maximum Gasteiger partial charge on any atom is 0.237 e. The molecular weight excluding hydrogens is 400 g/mol. The maximum absolute atomic E-state index is 13.6. The molecule has 0 bridgehead atoms. The highest BCUT2D eigenvalue weighted by atomic mass is 79.9. The van der Waals surface area contributed by atoms with E-state index in [1.54, 1.807) is 14.0 Å². The molecule has 0 heterocycles. The summed E-state index contributed by atoms with van der Waals surface area (Å²) in [6.07, 6.45) is 0. The van der Waals surface area contributed by atoms with Crippen molar-refractivity contribution in [1.29, 1.82) is 0 Å². The van der Waals surface area contributed by atoms with Gasteiger partial charge in [0.25, 0.3) is 0 Å². The van der Waals surface area contributed by atoms with Crippen molar-refractivity contribution >= 4 is 39.3 Å². The van der Waals surface area contributed by atoms with Crippen LogP contribution in [0.3, 0.4) is 0 Å². The fourth-order valence-electron chi connectivity index (χ4n) is 1.92. The Labute approximate surface area is 151 Å². The number of nitrogens with one attached hydrogen (secondary N) is 1. The minimum absolute atomic E-state index is 0.0268. The van der Waals surface area contributed by atoms with Crippen molar-refractivity contribution in [3.05, 3.63) is 58.1 Å². The van der Waals surface area contributed by atoms with Crippen LogP contribution in [0.5, 0.6) is 5.75 Å². The predicted octanol–water partition coefficient (Wildman–Crippen LogP) is 5.00.